The van der Waals surface area contributed by atoms with Gasteiger partial charge in [-0.1, -0.05) is 13.8 Å². The number of likely N-dealkylation sites (N-methyl/N-ethyl adjacent to an activating group) is 1. The fraction of sp³-hybridized carbons (Fsp3) is 0.625. The van der Waals surface area contributed by atoms with E-state index in [-0.39, 0.29) is 5.96 Å². The quantitative estimate of drug-likeness (QED) is 0.563. The normalized spacial score (nSPS) is 15.6. The molecule has 0 aliphatic carbocycles. The van der Waals surface area contributed by atoms with Crippen molar-refractivity contribution in [2.75, 3.05) is 57.1 Å². The van der Waals surface area contributed by atoms with Gasteiger partial charge in [-0.2, -0.15) is 4.98 Å². The van der Waals surface area contributed by atoms with Crippen molar-refractivity contribution in [3.05, 3.63) is 12.1 Å². The molecule has 1 aliphatic rings. The van der Waals surface area contributed by atoms with Crippen LogP contribution >= 0.6 is 0 Å². The van der Waals surface area contributed by atoms with Crippen LogP contribution in [0.3, 0.4) is 0 Å². The van der Waals surface area contributed by atoms with Crippen molar-refractivity contribution in [3.8, 4) is 5.88 Å². The zero-order valence-corrected chi connectivity index (χ0v) is 14.5. The molecule has 0 spiro atoms. The van der Waals surface area contributed by atoms with Gasteiger partial charge in [0.25, 0.3) is 0 Å². The molecule has 128 valence electrons. The Morgan fingerprint density at radius 3 is 2.61 bits per heavy atom. The Labute approximate surface area is 138 Å². The van der Waals surface area contributed by atoms with Crippen LogP contribution in [0.2, 0.25) is 0 Å². The second-order valence-electron chi connectivity index (χ2n) is 6.29. The van der Waals surface area contributed by atoms with Gasteiger partial charge in [-0.25, -0.2) is 0 Å². The first-order valence-corrected chi connectivity index (χ1v) is 8.07. The monoisotopic (exact) mass is 320 g/mol. The number of guanidine groups is 1. The number of nitrogens with zero attached hydrogens (tertiary/aromatic N) is 3. The number of nitrogens with one attached hydrogen (secondary N) is 3. The molecule has 1 aromatic rings. The smallest absolute Gasteiger partial charge is 0.239 e. The summed E-state index contributed by atoms with van der Waals surface area (Å²) in [6.45, 7) is 8.96. The van der Waals surface area contributed by atoms with Crippen molar-refractivity contribution in [1.82, 2.24) is 15.2 Å². The largest absolute Gasteiger partial charge is 0.479 e. The minimum absolute atomic E-state index is 0.251. The third-order valence-electron chi connectivity index (χ3n) is 3.82. The first-order valence-electron chi connectivity index (χ1n) is 8.07. The lowest BCUT2D eigenvalue weighted by Crippen LogP contribution is -2.44. The van der Waals surface area contributed by atoms with Gasteiger partial charge in [0, 0.05) is 32.7 Å². The van der Waals surface area contributed by atoms with E-state index < -0.39 is 0 Å². The Bertz CT molecular complexity index is 525. The van der Waals surface area contributed by atoms with E-state index >= 15 is 0 Å². The van der Waals surface area contributed by atoms with Crippen molar-refractivity contribution >= 4 is 17.5 Å². The van der Waals surface area contributed by atoms with Gasteiger partial charge in [0.2, 0.25) is 5.88 Å². The Morgan fingerprint density at radius 2 is 2.00 bits per heavy atom. The van der Waals surface area contributed by atoms with Gasteiger partial charge in [0.05, 0.1) is 7.11 Å². The van der Waals surface area contributed by atoms with E-state index in [0.717, 1.165) is 38.4 Å². The van der Waals surface area contributed by atoms with Crippen LogP contribution in [0.25, 0.3) is 0 Å². The highest BCUT2D eigenvalue weighted by Crippen LogP contribution is 2.28. The first kappa shape index (κ1) is 17.3. The molecule has 0 unspecified atom stereocenters. The summed E-state index contributed by atoms with van der Waals surface area (Å²) < 4.78 is 5.45. The molecule has 0 bridgehead atoms. The number of methoxy groups -OCH3 is 1. The number of ether oxygens (including phenoxy) is 1. The van der Waals surface area contributed by atoms with Crippen molar-refractivity contribution in [2.45, 2.75) is 13.8 Å². The lowest BCUT2D eigenvalue weighted by atomic mass is 10.2. The number of anilines is 2. The Morgan fingerprint density at radius 1 is 1.30 bits per heavy atom. The van der Waals surface area contributed by atoms with Gasteiger partial charge in [-0.05, 0) is 25.1 Å². The third kappa shape index (κ3) is 4.99. The van der Waals surface area contributed by atoms with E-state index in [2.05, 4.69) is 46.3 Å². The van der Waals surface area contributed by atoms with Crippen LogP contribution in [-0.2, 0) is 0 Å². The molecule has 0 atom stereocenters. The van der Waals surface area contributed by atoms with Crippen molar-refractivity contribution < 1.29 is 4.74 Å². The maximum Gasteiger partial charge on any atom is 0.239 e. The van der Waals surface area contributed by atoms with Crippen LogP contribution in [0, 0.1) is 11.3 Å². The predicted molar refractivity (Wildman–Crippen MR) is 94.7 cm³/mol. The van der Waals surface area contributed by atoms with Crippen molar-refractivity contribution in [1.29, 1.82) is 5.41 Å². The Balaban J connectivity index is 2.02. The molecule has 0 aromatic carbocycles. The van der Waals surface area contributed by atoms with Crippen LogP contribution in [0.15, 0.2) is 12.1 Å². The van der Waals surface area contributed by atoms with Crippen LogP contribution < -0.4 is 20.3 Å². The number of hydrogen-bond acceptors (Lipinski definition) is 5. The summed E-state index contributed by atoms with van der Waals surface area (Å²) >= 11 is 0. The molecule has 0 radical (unpaired) electrons. The molecule has 0 amide bonds. The molecule has 1 saturated heterocycles. The zero-order chi connectivity index (χ0) is 16.8. The van der Waals surface area contributed by atoms with E-state index in [1.807, 2.05) is 12.1 Å². The fourth-order valence-electron chi connectivity index (χ4n) is 2.42. The number of hydrogen-bond donors (Lipinski definition) is 3. The maximum absolute atomic E-state index is 7.90. The fourth-order valence-corrected chi connectivity index (χ4v) is 2.42. The molecule has 1 fully saturated rings. The van der Waals surface area contributed by atoms with Gasteiger partial charge >= 0.3 is 0 Å². The summed E-state index contributed by atoms with van der Waals surface area (Å²) in [6, 6.07) is 3.90. The molecule has 7 nitrogen and oxygen atoms in total. The Hall–Kier alpha value is -2.02. The van der Waals surface area contributed by atoms with Gasteiger partial charge in [-0.15, -0.1) is 0 Å². The van der Waals surface area contributed by atoms with Crippen LogP contribution in [0.1, 0.15) is 13.8 Å². The first-order chi connectivity index (χ1) is 11.0. The van der Waals surface area contributed by atoms with E-state index in [1.165, 1.54) is 0 Å². The zero-order valence-electron chi connectivity index (χ0n) is 14.5. The second kappa shape index (κ2) is 8.01. The van der Waals surface area contributed by atoms with E-state index in [9.17, 15) is 0 Å². The molecule has 1 aromatic heterocycles. The van der Waals surface area contributed by atoms with E-state index in [1.54, 1.807) is 7.11 Å². The summed E-state index contributed by atoms with van der Waals surface area (Å²) in [7, 11) is 3.77. The molecule has 3 N–H and O–H groups in total. The van der Waals surface area contributed by atoms with Crippen molar-refractivity contribution in [2.24, 2.45) is 5.92 Å². The Kier molecular flexibility index (Phi) is 6.04. The minimum atomic E-state index is 0.251. The highest BCUT2D eigenvalue weighted by molar-refractivity contribution is 5.90. The predicted octanol–water partition coefficient (Wildman–Crippen LogP) is 1.43. The van der Waals surface area contributed by atoms with Crippen molar-refractivity contribution in [3.63, 3.8) is 0 Å². The van der Waals surface area contributed by atoms with Crippen LogP contribution in [-0.4, -0.2) is 62.7 Å². The van der Waals surface area contributed by atoms with E-state index in [0.29, 0.717) is 17.6 Å². The summed E-state index contributed by atoms with van der Waals surface area (Å²) in [5.41, 5.74) is 1.01. The summed E-state index contributed by atoms with van der Waals surface area (Å²) in [6.07, 6.45) is 0. The number of pyridine rings is 1. The topological polar surface area (TPSA) is 76.5 Å². The highest BCUT2D eigenvalue weighted by Gasteiger charge is 2.18. The SMILES string of the molecule is COc1nc(NC(=N)NCC(C)C)ccc1N1CCN(C)CC1. The molecule has 1 aliphatic heterocycles. The second-order valence-corrected chi connectivity index (χ2v) is 6.29. The van der Waals surface area contributed by atoms with Crippen LogP contribution in [0.4, 0.5) is 11.5 Å². The summed E-state index contributed by atoms with van der Waals surface area (Å²) in [5.74, 6) is 1.94. The molecule has 2 heterocycles. The minimum Gasteiger partial charge on any atom is -0.479 e. The molecule has 0 saturated carbocycles. The highest BCUT2D eigenvalue weighted by atomic mass is 16.5. The van der Waals surface area contributed by atoms with Crippen LogP contribution in [0.5, 0.6) is 5.88 Å². The lowest BCUT2D eigenvalue weighted by Gasteiger charge is -2.34. The number of piperazine rings is 1. The molecular weight excluding hydrogens is 292 g/mol. The molecule has 7 heteroatoms. The van der Waals surface area contributed by atoms with Gasteiger partial charge < -0.3 is 25.2 Å². The number of rotatable bonds is 5. The molecule has 23 heavy (non-hydrogen) atoms. The average molecular weight is 320 g/mol. The third-order valence-corrected chi connectivity index (χ3v) is 3.82. The van der Waals surface area contributed by atoms with Gasteiger partial charge in [0.15, 0.2) is 5.96 Å². The van der Waals surface area contributed by atoms with Gasteiger partial charge in [-0.3, -0.25) is 5.41 Å². The summed E-state index contributed by atoms with van der Waals surface area (Å²) in [4.78, 5) is 9.09. The van der Waals surface area contributed by atoms with E-state index in [4.69, 9.17) is 10.1 Å². The maximum atomic E-state index is 7.90. The number of aromatic nitrogens is 1. The average Bonchev–Trinajstić information content (AvgIpc) is 2.54. The molecule has 2 rings (SSSR count). The molecular formula is C16H28N6O. The summed E-state index contributed by atoms with van der Waals surface area (Å²) in [5, 5.41) is 13.9. The lowest BCUT2D eigenvalue weighted by molar-refractivity contribution is 0.310. The van der Waals surface area contributed by atoms with Gasteiger partial charge in [0.1, 0.15) is 11.5 Å². The standard InChI is InChI=1S/C16H28N6O/c1-12(2)11-18-16(17)20-14-6-5-13(15(19-14)23-4)22-9-7-21(3)8-10-22/h5-6,12H,7-11H2,1-4H3,(H3,17,18,19,20).